The quantitative estimate of drug-likeness (QED) is 0.720. The van der Waals surface area contributed by atoms with Crippen molar-refractivity contribution in [1.82, 2.24) is 15.1 Å². The summed E-state index contributed by atoms with van der Waals surface area (Å²) in [6, 6.07) is 12.3. The predicted octanol–water partition coefficient (Wildman–Crippen LogP) is 2.53. The highest BCUT2D eigenvalue weighted by atomic mass is 19.1. The molecule has 1 amide bonds. The summed E-state index contributed by atoms with van der Waals surface area (Å²) in [7, 11) is 1.55. The standard InChI is InChI=1S/C19H18FN3O4/c1-12(15-5-3-4-6-16(15)26-2)21-17(24)11-23-19(25)27-18(22-23)13-7-9-14(20)10-8-13/h3-10,12H,11H2,1-2H3,(H,21,24)/t12-/m1/s1. The van der Waals surface area contributed by atoms with Crippen molar-refractivity contribution < 1.29 is 18.3 Å². The number of carbonyl (C=O) groups is 1. The van der Waals surface area contributed by atoms with Crippen molar-refractivity contribution in [3.05, 3.63) is 70.5 Å². The Kier molecular flexibility index (Phi) is 5.35. The van der Waals surface area contributed by atoms with E-state index in [1.54, 1.807) is 13.2 Å². The Morgan fingerprint density at radius 2 is 1.96 bits per heavy atom. The lowest BCUT2D eigenvalue weighted by atomic mass is 10.1. The number of nitrogens with one attached hydrogen (secondary N) is 1. The van der Waals surface area contributed by atoms with Crippen LogP contribution >= 0.6 is 0 Å². The molecule has 3 rings (SSSR count). The lowest BCUT2D eigenvalue weighted by Crippen LogP contribution is -2.33. The summed E-state index contributed by atoms with van der Waals surface area (Å²) in [6.45, 7) is 1.51. The molecule has 0 saturated carbocycles. The van der Waals surface area contributed by atoms with Crippen molar-refractivity contribution in [2.75, 3.05) is 7.11 Å². The third-order valence-corrected chi connectivity index (χ3v) is 3.97. The molecule has 0 fully saturated rings. The van der Waals surface area contributed by atoms with Crippen LogP contribution in [0.1, 0.15) is 18.5 Å². The van der Waals surface area contributed by atoms with Gasteiger partial charge in [-0.25, -0.2) is 9.18 Å². The molecule has 140 valence electrons. The number of amides is 1. The minimum Gasteiger partial charge on any atom is -0.496 e. The molecule has 0 aliphatic rings. The van der Waals surface area contributed by atoms with Gasteiger partial charge in [0.2, 0.25) is 11.8 Å². The highest BCUT2D eigenvalue weighted by molar-refractivity contribution is 5.76. The Hall–Kier alpha value is -3.42. The number of benzene rings is 2. The third kappa shape index (κ3) is 4.22. The van der Waals surface area contributed by atoms with Gasteiger partial charge in [-0.1, -0.05) is 18.2 Å². The van der Waals surface area contributed by atoms with Crippen LogP contribution in [0, 0.1) is 5.82 Å². The molecular formula is C19H18FN3O4. The van der Waals surface area contributed by atoms with Crippen LogP contribution in [-0.4, -0.2) is 22.8 Å². The number of para-hydroxylation sites is 1. The van der Waals surface area contributed by atoms with Crippen LogP contribution in [0.5, 0.6) is 5.75 Å². The highest BCUT2D eigenvalue weighted by Gasteiger charge is 2.17. The molecule has 2 aromatic carbocycles. The number of halogens is 1. The second-order valence-corrected chi connectivity index (χ2v) is 5.87. The number of aromatic nitrogens is 2. The van der Waals surface area contributed by atoms with Gasteiger partial charge in [-0.2, -0.15) is 4.68 Å². The molecule has 27 heavy (non-hydrogen) atoms. The van der Waals surface area contributed by atoms with E-state index in [0.717, 1.165) is 10.2 Å². The molecule has 0 aliphatic heterocycles. The lowest BCUT2D eigenvalue weighted by molar-refractivity contribution is -0.122. The zero-order valence-electron chi connectivity index (χ0n) is 14.8. The van der Waals surface area contributed by atoms with Crippen LogP contribution in [0.4, 0.5) is 4.39 Å². The Balaban J connectivity index is 1.71. The average molecular weight is 371 g/mol. The molecule has 0 unspecified atom stereocenters. The van der Waals surface area contributed by atoms with E-state index in [1.165, 1.54) is 24.3 Å². The SMILES string of the molecule is COc1ccccc1[C@@H](C)NC(=O)Cn1nc(-c2ccc(F)cc2)oc1=O. The Morgan fingerprint density at radius 3 is 2.67 bits per heavy atom. The molecule has 0 aliphatic carbocycles. The van der Waals surface area contributed by atoms with E-state index < -0.39 is 17.5 Å². The van der Waals surface area contributed by atoms with Crippen molar-refractivity contribution in [3.8, 4) is 17.2 Å². The van der Waals surface area contributed by atoms with Crippen LogP contribution in [0.2, 0.25) is 0 Å². The maximum absolute atomic E-state index is 13.0. The van der Waals surface area contributed by atoms with Gasteiger partial charge in [0.15, 0.2) is 0 Å². The Bertz CT molecular complexity index is 995. The predicted molar refractivity (Wildman–Crippen MR) is 95.7 cm³/mol. The molecule has 0 radical (unpaired) electrons. The summed E-state index contributed by atoms with van der Waals surface area (Å²) < 4.78 is 24.2. The van der Waals surface area contributed by atoms with Gasteiger partial charge in [0.25, 0.3) is 0 Å². The first kappa shape index (κ1) is 18.4. The van der Waals surface area contributed by atoms with E-state index in [1.807, 2.05) is 25.1 Å². The monoisotopic (exact) mass is 371 g/mol. The second-order valence-electron chi connectivity index (χ2n) is 5.87. The minimum absolute atomic E-state index is 0.0191. The van der Waals surface area contributed by atoms with Gasteiger partial charge in [0, 0.05) is 11.1 Å². The van der Waals surface area contributed by atoms with Gasteiger partial charge in [-0.15, -0.1) is 5.10 Å². The van der Waals surface area contributed by atoms with Crippen molar-refractivity contribution in [3.63, 3.8) is 0 Å². The summed E-state index contributed by atoms with van der Waals surface area (Å²) in [5, 5.41) is 6.79. The number of carbonyl (C=O) groups excluding carboxylic acids is 1. The number of hydrogen-bond acceptors (Lipinski definition) is 5. The molecule has 3 aromatic rings. The highest BCUT2D eigenvalue weighted by Crippen LogP contribution is 2.24. The van der Waals surface area contributed by atoms with E-state index >= 15 is 0 Å². The van der Waals surface area contributed by atoms with Gasteiger partial charge in [0.1, 0.15) is 18.1 Å². The number of methoxy groups -OCH3 is 1. The van der Waals surface area contributed by atoms with Gasteiger partial charge in [-0.3, -0.25) is 4.79 Å². The topological polar surface area (TPSA) is 86.4 Å². The maximum atomic E-state index is 13.0. The van der Waals surface area contributed by atoms with Crippen LogP contribution in [-0.2, 0) is 11.3 Å². The first-order valence-electron chi connectivity index (χ1n) is 8.24. The summed E-state index contributed by atoms with van der Waals surface area (Å²) in [5.41, 5.74) is 1.25. The molecule has 0 saturated heterocycles. The summed E-state index contributed by atoms with van der Waals surface area (Å²) >= 11 is 0. The molecule has 0 spiro atoms. The number of ether oxygens (including phenoxy) is 1. The largest absolute Gasteiger partial charge is 0.496 e. The summed E-state index contributed by atoms with van der Waals surface area (Å²) in [5.74, 6) is -0.915. The fourth-order valence-corrected chi connectivity index (χ4v) is 2.64. The number of rotatable bonds is 6. The molecule has 7 nitrogen and oxygen atoms in total. The van der Waals surface area contributed by atoms with Crippen molar-refractivity contribution >= 4 is 5.91 Å². The number of hydrogen-bond donors (Lipinski definition) is 1. The summed E-state index contributed by atoms with van der Waals surface area (Å²) in [6.07, 6.45) is 0. The molecular weight excluding hydrogens is 353 g/mol. The van der Waals surface area contributed by atoms with Crippen LogP contribution in [0.15, 0.2) is 57.7 Å². The second kappa shape index (κ2) is 7.86. The van der Waals surface area contributed by atoms with Crippen molar-refractivity contribution in [1.29, 1.82) is 0 Å². The van der Waals surface area contributed by atoms with Crippen LogP contribution in [0.3, 0.4) is 0 Å². The van der Waals surface area contributed by atoms with Crippen molar-refractivity contribution in [2.24, 2.45) is 0 Å². The normalized spacial score (nSPS) is 11.8. The van der Waals surface area contributed by atoms with Crippen molar-refractivity contribution in [2.45, 2.75) is 19.5 Å². The zero-order valence-corrected chi connectivity index (χ0v) is 14.8. The first-order chi connectivity index (χ1) is 13.0. The molecule has 1 aromatic heterocycles. The lowest BCUT2D eigenvalue weighted by Gasteiger charge is -2.16. The van der Waals surface area contributed by atoms with Crippen LogP contribution in [0.25, 0.3) is 11.5 Å². The van der Waals surface area contributed by atoms with Crippen LogP contribution < -0.4 is 15.8 Å². The third-order valence-electron chi connectivity index (χ3n) is 3.97. The average Bonchev–Trinajstić information content (AvgIpc) is 3.02. The van der Waals surface area contributed by atoms with E-state index in [-0.39, 0.29) is 18.5 Å². The minimum atomic E-state index is -0.769. The molecule has 1 heterocycles. The van der Waals surface area contributed by atoms with Gasteiger partial charge in [-0.05, 0) is 37.3 Å². The molecule has 1 N–H and O–H groups in total. The van der Waals surface area contributed by atoms with Gasteiger partial charge < -0.3 is 14.5 Å². The summed E-state index contributed by atoms with van der Waals surface area (Å²) in [4.78, 5) is 24.2. The van der Waals surface area contributed by atoms with E-state index in [0.29, 0.717) is 11.3 Å². The molecule has 1 atom stereocenters. The fraction of sp³-hybridized carbons (Fsp3) is 0.211. The zero-order chi connectivity index (χ0) is 19.4. The maximum Gasteiger partial charge on any atom is 0.437 e. The number of nitrogens with zero attached hydrogens (tertiary/aromatic N) is 2. The van der Waals surface area contributed by atoms with Gasteiger partial charge >= 0.3 is 5.76 Å². The first-order valence-corrected chi connectivity index (χ1v) is 8.24. The Labute approximate surface area is 154 Å². The fourth-order valence-electron chi connectivity index (χ4n) is 2.64. The van der Waals surface area contributed by atoms with E-state index in [9.17, 15) is 14.0 Å². The van der Waals surface area contributed by atoms with E-state index in [4.69, 9.17) is 9.15 Å². The molecule has 8 heteroatoms. The molecule has 0 bridgehead atoms. The Morgan fingerprint density at radius 1 is 1.26 bits per heavy atom. The van der Waals surface area contributed by atoms with Gasteiger partial charge in [0.05, 0.1) is 13.2 Å². The smallest absolute Gasteiger partial charge is 0.437 e. The van der Waals surface area contributed by atoms with E-state index in [2.05, 4.69) is 10.4 Å².